The predicted octanol–water partition coefficient (Wildman–Crippen LogP) is 3.62. The van der Waals surface area contributed by atoms with Crippen molar-refractivity contribution >= 4 is 48.8 Å². The Morgan fingerprint density at radius 2 is 2.17 bits per heavy atom. The molecule has 0 bridgehead atoms. The first-order valence-electron chi connectivity index (χ1n) is 9.43. The summed E-state index contributed by atoms with van der Waals surface area (Å²) in [5.41, 5.74) is 0.388. The van der Waals surface area contributed by atoms with Crippen LogP contribution in [0.4, 0.5) is 4.39 Å². The molecule has 0 spiro atoms. The Bertz CT molecular complexity index is 1260. The molecule has 4 rings (SSSR count). The Kier molecular flexibility index (Phi) is 6.01. The highest BCUT2D eigenvalue weighted by molar-refractivity contribution is 7.91. The lowest BCUT2D eigenvalue weighted by molar-refractivity contribution is -0.122. The number of thiophene rings is 1. The fourth-order valence-corrected chi connectivity index (χ4v) is 7.28. The largest absolute Gasteiger partial charge is 0.310 e. The van der Waals surface area contributed by atoms with E-state index >= 15 is 0 Å². The van der Waals surface area contributed by atoms with E-state index < -0.39 is 15.9 Å². The van der Waals surface area contributed by atoms with Gasteiger partial charge < -0.3 is 4.57 Å². The summed E-state index contributed by atoms with van der Waals surface area (Å²) >= 11 is 2.39. The molecule has 1 atom stereocenters. The third-order valence-electron chi connectivity index (χ3n) is 4.99. The first kappa shape index (κ1) is 21.1. The van der Waals surface area contributed by atoms with Gasteiger partial charge >= 0.3 is 0 Å². The lowest BCUT2D eigenvalue weighted by Gasteiger charge is -2.29. The van der Waals surface area contributed by atoms with Gasteiger partial charge in [-0.25, -0.2) is 12.8 Å². The second-order valence-electron chi connectivity index (χ2n) is 6.95. The average Bonchev–Trinajstić information content (AvgIpc) is 3.38. The minimum Gasteiger partial charge on any atom is -0.310 e. The number of thiazole rings is 1. The number of carbonyl (C=O) groups is 1. The molecule has 158 valence electrons. The van der Waals surface area contributed by atoms with E-state index in [0.717, 1.165) is 11.3 Å². The van der Waals surface area contributed by atoms with Crippen molar-refractivity contribution in [2.75, 3.05) is 13.1 Å². The molecule has 1 unspecified atom stereocenters. The molecule has 0 radical (unpaired) electrons. The molecule has 0 N–H and O–H groups in total. The van der Waals surface area contributed by atoms with E-state index in [-0.39, 0.29) is 22.5 Å². The molecule has 3 heterocycles. The van der Waals surface area contributed by atoms with Gasteiger partial charge in [0, 0.05) is 19.6 Å². The summed E-state index contributed by atoms with van der Waals surface area (Å²) in [5, 5.41) is 1.72. The molecule has 1 saturated heterocycles. The molecule has 1 aromatic carbocycles. The third-order valence-corrected chi connectivity index (χ3v) is 9.27. The van der Waals surface area contributed by atoms with E-state index in [1.165, 1.54) is 21.7 Å². The maximum atomic E-state index is 14.3. The van der Waals surface area contributed by atoms with Crippen molar-refractivity contribution in [1.29, 1.82) is 0 Å². The number of halogens is 1. The van der Waals surface area contributed by atoms with Gasteiger partial charge in [0.1, 0.15) is 10.0 Å². The van der Waals surface area contributed by atoms with Crippen LogP contribution in [0.3, 0.4) is 0 Å². The van der Waals surface area contributed by atoms with E-state index in [2.05, 4.69) is 11.6 Å². The first-order valence-corrected chi connectivity index (χ1v) is 12.6. The van der Waals surface area contributed by atoms with E-state index in [9.17, 15) is 17.6 Å². The SMILES string of the molecule is C=CCn1c(=NC(=O)C2CCCN(S(=O)(=O)c3cccs3)C2)sc2cccc(F)c21. The van der Waals surface area contributed by atoms with Crippen LogP contribution in [0.15, 0.2) is 57.6 Å². The summed E-state index contributed by atoms with van der Waals surface area (Å²) in [7, 11) is -3.61. The Morgan fingerprint density at radius 1 is 1.33 bits per heavy atom. The van der Waals surface area contributed by atoms with Gasteiger partial charge in [0.25, 0.3) is 15.9 Å². The summed E-state index contributed by atoms with van der Waals surface area (Å²) < 4.78 is 43.9. The van der Waals surface area contributed by atoms with Gasteiger partial charge in [0.05, 0.1) is 16.1 Å². The van der Waals surface area contributed by atoms with Gasteiger partial charge in [-0.3, -0.25) is 4.79 Å². The van der Waals surface area contributed by atoms with Crippen LogP contribution in [0.5, 0.6) is 0 Å². The Hall–Kier alpha value is -2.14. The molecule has 30 heavy (non-hydrogen) atoms. The molecular weight excluding hydrogens is 445 g/mol. The predicted molar refractivity (Wildman–Crippen MR) is 116 cm³/mol. The van der Waals surface area contributed by atoms with Crippen LogP contribution in [-0.4, -0.2) is 36.3 Å². The first-order chi connectivity index (χ1) is 14.4. The molecular formula is C20H20FN3O3S3. The molecule has 2 aromatic heterocycles. The Morgan fingerprint density at radius 3 is 2.90 bits per heavy atom. The minimum atomic E-state index is -3.61. The zero-order valence-corrected chi connectivity index (χ0v) is 18.5. The van der Waals surface area contributed by atoms with Gasteiger partial charge in [0.15, 0.2) is 4.80 Å². The molecule has 1 aliphatic rings. The summed E-state index contributed by atoms with van der Waals surface area (Å²) in [6.07, 6.45) is 2.78. The summed E-state index contributed by atoms with van der Waals surface area (Å²) in [6, 6.07) is 8.03. The standard InChI is InChI=1S/C20H20FN3O3S3/c1-2-10-24-18-15(21)7-3-8-16(18)29-20(24)22-19(25)14-6-4-11-23(13-14)30(26,27)17-9-5-12-28-17/h2-3,5,7-9,12,14H,1,4,6,10-11,13H2. The zero-order valence-electron chi connectivity index (χ0n) is 16.0. The number of para-hydroxylation sites is 1. The minimum absolute atomic E-state index is 0.100. The molecule has 0 aliphatic carbocycles. The van der Waals surface area contributed by atoms with Crippen LogP contribution in [0, 0.1) is 11.7 Å². The average molecular weight is 466 g/mol. The van der Waals surface area contributed by atoms with Crippen molar-refractivity contribution in [3.63, 3.8) is 0 Å². The number of piperidine rings is 1. The van der Waals surface area contributed by atoms with Gasteiger partial charge in [-0.05, 0) is 36.4 Å². The van der Waals surface area contributed by atoms with Crippen LogP contribution in [0.1, 0.15) is 12.8 Å². The lowest BCUT2D eigenvalue weighted by Crippen LogP contribution is -2.42. The molecule has 6 nitrogen and oxygen atoms in total. The molecule has 1 aliphatic heterocycles. The maximum Gasteiger partial charge on any atom is 0.252 e. The highest BCUT2D eigenvalue weighted by atomic mass is 32.2. The number of hydrogen-bond acceptors (Lipinski definition) is 5. The second kappa shape index (κ2) is 8.54. The zero-order chi connectivity index (χ0) is 21.3. The fraction of sp³-hybridized carbons (Fsp3) is 0.300. The maximum absolute atomic E-state index is 14.3. The van der Waals surface area contributed by atoms with E-state index in [1.54, 1.807) is 40.3 Å². The number of hydrogen-bond donors (Lipinski definition) is 0. The normalized spacial score (nSPS) is 18.7. The number of sulfonamides is 1. The third kappa shape index (κ3) is 3.92. The number of carbonyl (C=O) groups excluding carboxylic acids is 1. The van der Waals surface area contributed by atoms with Crippen molar-refractivity contribution in [3.8, 4) is 0 Å². The van der Waals surface area contributed by atoms with Gasteiger partial charge in [-0.15, -0.1) is 17.9 Å². The van der Waals surface area contributed by atoms with Gasteiger partial charge in [-0.2, -0.15) is 9.30 Å². The molecule has 3 aromatic rings. The lowest BCUT2D eigenvalue weighted by atomic mass is 9.99. The molecule has 1 fully saturated rings. The second-order valence-corrected chi connectivity index (χ2v) is 11.1. The quantitative estimate of drug-likeness (QED) is 0.541. The van der Waals surface area contributed by atoms with Crippen LogP contribution < -0.4 is 4.80 Å². The monoisotopic (exact) mass is 465 g/mol. The number of amides is 1. The van der Waals surface area contributed by atoms with Crippen molar-refractivity contribution in [2.45, 2.75) is 23.6 Å². The highest BCUT2D eigenvalue weighted by Gasteiger charge is 2.33. The van der Waals surface area contributed by atoms with Crippen molar-refractivity contribution in [2.24, 2.45) is 10.9 Å². The number of benzene rings is 1. The number of allylic oxidation sites excluding steroid dienone is 1. The molecule has 0 saturated carbocycles. The van der Waals surface area contributed by atoms with Crippen LogP contribution in [0.25, 0.3) is 10.2 Å². The van der Waals surface area contributed by atoms with Crippen molar-refractivity contribution in [1.82, 2.24) is 8.87 Å². The van der Waals surface area contributed by atoms with Crippen LogP contribution in [0.2, 0.25) is 0 Å². The molecule has 1 amide bonds. The number of nitrogens with zero attached hydrogens (tertiary/aromatic N) is 3. The smallest absolute Gasteiger partial charge is 0.252 e. The van der Waals surface area contributed by atoms with E-state index in [0.29, 0.717) is 40.9 Å². The topological polar surface area (TPSA) is 71.7 Å². The van der Waals surface area contributed by atoms with Gasteiger partial charge in [0.2, 0.25) is 0 Å². The van der Waals surface area contributed by atoms with E-state index in [4.69, 9.17) is 0 Å². The van der Waals surface area contributed by atoms with E-state index in [1.807, 2.05) is 0 Å². The summed E-state index contributed by atoms with van der Waals surface area (Å²) in [5.74, 6) is -1.29. The van der Waals surface area contributed by atoms with Crippen LogP contribution in [-0.2, 0) is 21.4 Å². The Labute approximate surface area is 181 Å². The number of aromatic nitrogens is 1. The Balaban J connectivity index is 1.65. The highest BCUT2D eigenvalue weighted by Crippen LogP contribution is 2.27. The van der Waals surface area contributed by atoms with Crippen molar-refractivity contribution in [3.05, 3.63) is 59.0 Å². The van der Waals surface area contributed by atoms with Crippen LogP contribution >= 0.6 is 22.7 Å². The fourth-order valence-electron chi connectivity index (χ4n) is 3.56. The summed E-state index contributed by atoms with van der Waals surface area (Å²) in [4.78, 5) is 17.6. The van der Waals surface area contributed by atoms with Crippen molar-refractivity contribution < 1.29 is 17.6 Å². The molecule has 10 heteroatoms. The summed E-state index contributed by atoms with van der Waals surface area (Å²) in [6.45, 7) is 4.51. The number of rotatable bonds is 5. The number of fused-ring (bicyclic) bond motifs is 1. The van der Waals surface area contributed by atoms with Gasteiger partial charge in [-0.1, -0.05) is 29.5 Å².